The van der Waals surface area contributed by atoms with Crippen LogP contribution in [0.25, 0.3) is 10.9 Å². The van der Waals surface area contributed by atoms with Crippen LogP contribution in [-0.2, 0) is 44.7 Å². The Morgan fingerprint density at radius 2 is 1.48 bits per heavy atom. The Kier molecular flexibility index (Phi) is 16.7. The molecule has 352 valence electrons. The van der Waals surface area contributed by atoms with Crippen molar-refractivity contribution in [1.29, 1.82) is 0 Å². The number of halogens is 2. The molecule has 1 unspecified atom stereocenters. The molecule has 2 atom stereocenters. The van der Waals surface area contributed by atoms with Gasteiger partial charge in [-0.05, 0) is 66.9 Å². The third-order valence-electron chi connectivity index (χ3n) is 11.0. The first-order valence-electron chi connectivity index (χ1n) is 21.1. The summed E-state index contributed by atoms with van der Waals surface area (Å²) < 4.78 is 55.0. The van der Waals surface area contributed by atoms with Gasteiger partial charge in [0.25, 0.3) is 23.6 Å². The molecule has 4 heterocycles. The van der Waals surface area contributed by atoms with Gasteiger partial charge in [-0.1, -0.05) is 6.07 Å². The van der Waals surface area contributed by atoms with Gasteiger partial charge in [0.1, 0.15) is 30.0 Å². The highest BCUT2D eigenvalue weighted by atomic mass is 32.1. The maximum absolute atomic E-state index is 13.5. The first-order valence-corrected chi connectivity index (χ1v) is 21.1. The Morgan fingerprint density at radius 3 is 2.17 bits per heavy atom. The highest BCUT2D eigenvalue weighted by Gasteiger charge is 2.52. The number of hydrogen-bond acceptors (Lipinski definition) is 13. The van der Waals surface area contributed by atoms with Crippen LogP contribution in [0.5, 0.6) is 5.75 Å². The fourth-order valence-electron chi connectivity index (χ4n) is 7.69. The van der Waals surface area contributed by atoms with E-state index in [2.05, 4.69) is 15.6 Å². The number of amides is 6. The number of H-pyrrole nitrogens is 1. The van der Waals surface area contributed by atoms with Gasteiger partial charge < -0.3 is 44.0 Å². The lowest BCUT2D eigenvalue weighted by Gasteiger charge is -2.27. The third-order valence-corrected chi connectivity index (χ3v) is 11.0. The van der Waals surface area contributed by atoms with Crippen LogP contribution in [0.2, 0.25) is 0 Å². The van der Waals surface area contributed by atoms with E-state index in [1.165, 1.54) is 11.0 Å². The van der Waals surface area contributed by atoms with E-state index >= 15 is 0 Å². The molecule has 3 aliphatic rings. The van der Waals surface area contributed by atoms with E-state index in [1.54, 1.807) is 36.4 Å². The van der Waals surface area contributed by atoms with Crippen LogP contribution in [0, 0.1) is 11.6 Å². The highest BCUT2D eigenvalue weighted by molar-refractivity contribution is 7.59. The maximum atomic E-state index is 13.5. The Labute approximate surface area is 383 Å². The summed E-state index contributed by atoms with van der Waals surface area (Å²) in [5.74, 6) is -5.80. The largest absolute Gasteiger partial charge is 0.490 e. The van der Waals surface area contributed by atoms with Crippen molar-refractivity contribution in [2.75, 3.05) is 70.9 Å². The molecule has 66 heavy (non-hydrogen) atoms. The van der Waals surface area contributed by atoms with Gasteiger partial charge in [0, 0.05) is 61.6 Å². The SMILES string of the molecule is O=C1CCC(N2C(=O)c3cccc(OCCOCCOCCOCCOCCCC(=O)c4cc5cc(N6CC[C@](O)(C(=O)NCc7cc(F)cc(F)c7)C6=O)ccc5[nH]4)c3C2=O)C(=O)N1.S. The molecule has 0 saturated carbocycles. The number of anilines is 1. The fraction of sp³-hybridized carbons (Fsp3) is 0.400. The second-order valence-electron chi connectivity index (χ2n) is 15.4. The zero-order chi connectivity index (χ0) is 46.1. The number of imide groups is 2. The van der Waals surface area contributed by atoms with Crippen LogP contribution in [0.15, 0.2) is 60.7 Å². The number of rotatable bonds is 23. The van der Waals surface area contributed by atoms with Gasteiger partial charge in [-0.2, -0.15) is 13.5 Å². The first kappa shape index (κ1) is 49.3. The number of benzene rings is 3. The Hall–Kier alpha value is -6.10. The number of nitrogens with one attached hydrogen (secondary N) is 3. The van der Waals surface area contributed by atoms with Gasteiger partial charge in [-0.15, -0.1) is 0 Å². The van der Waals surface area contributed by atoms with Crippen molar-refractivity contribution in [1.82, 2.24) is 20.5 Å². The first-order chi connectivity index (χ1) is 31.3. The molecule has 18 nitrogen and oxygen atoms in total. The second-order valence-corrected chi connectivity index (χ2v) is 15.4. The van der Waals surface area contributed by atoms with E-state index in [-0.39, 0.29) is 100 Å². The summed E-state index contributed by atoms with van der Waals surface area (Å²) in [6.45, 7) is 2.26. The number of fused-ring (bicyclic) bond motifs is 2. The lowest BCUT2D eigenvalue weighted by atomic mass is 10.0. The van der Waals surface area contributed by atoms with Crippen LogP contribution in [0.4, 0.5) is 14.5 Å². The van der Waals surface area contributed by atoms with Gasteiger partial charge >= 0.3 is 0 Å². The molecule has 0 spiro atoms. The molecule has 2 fully saturated rings. The fourth-order valence-corrected chi connectivity index (χ4v) is 7.69. The molecule has 3 aliphatic heterocycles. The zero-order valence-corrected chi connectivity index (χ0v) is 36.7. The molecular weight excluding hydrogens is 889 g/mol. The topological polar surface area (TPSA) is 232 Å². The summed E-state index contributed by atoms with van der Waals surface area (Å²) in [5.41, 5.74) is -0.578. The quantitative estimate of drug-likeness (QED) is 0.0363. The van der Waals surface area contributed by atoms with Crippen molar-refractivity contribution in [3.63, 3.8) is 0 Å². The maximum Gasteiger partial charge on any atom is 0.268 e. The summed E-state index contributed by atoms with van der Waals surface area (Å²) in [6, 6.07) is 13.0. The normalized spacial score (nSPS) is 18.2. The van der Waals surface area contributed by atoms with Crippen molar-refractivity contribution in [3.05, 3.63) is 94.7 Å². The third kappa shape index (κ3) is 11.5. The zero-order valence-electron chi connectivity index (χ0n) is 35.7. The summed E-state index contributed by atoms with van der Waals surface area (Å²) in [5, 5.41) is 16.2. The minimum Gasteiger partial charge on any atom is -0.490 e. The molecule has 7 rings (SSSR count). The van der Waals surface area contributed by atoms with E-state index in [4.69, 9.17) is 23.7 Å². The number of ketones is 1. The van der Waals surface area contributed by atoms with E-state index < -0.39 is 58.7 Å². The number of ether oxygens (including phenoxy) is 5. The number of carbonyl (C=O) groups is 7. The predicted molar refractivity (Wildman–Crippen MR) is 234 cm³/mol. The molecule has 0 aliphatic carbocycles. The summed E-state index contributed by atoms with van der Waals surface area (Å²) in [7, 11) is 0. The number of aromatic nitrogens is 1. The van der Waals surface area contributed by atoms with E-state index in [9.17, 15) is 47.4 Å². The Morgan fingerprint density at radius 1 is 0.818 bits per heavy atom. The van der Waals surface area contributed by atoms with Crippen molar-refractivity contribution in [3.8, 4) is 5.75 Å². The number of nitrogens with zero attached hydrogens (tertiary/aromatic N) is 2. The molecule has 4 N–H and O–H groups in total. The number of carbonyl (C=O) groups excluding carboxylic acids is 7. The summed E-state index contributed by atoms with van der Waals surface area (Å²) in [6.07, 6.45) is 0.580. The Balaban J connectivity index is 0.00000720. The van der Waals surface area contributed by atoms with Crippen molar-refractivity contribution >= 4 is 71.3 Å². The van der Waals surface area contributed by atoms with Crippen molar-refractivity contribution < 1.29 is 71.1 Å². The van der Waals surface area contributed by atoms with Crippen LogP contribution < -0.4 is 20.3 Å². The van der Waals surface area contributed by atoms with E-state index in [0.29, 0.717) is 74.4 Å². The minimum atomic E-state index is -2.36. The molecule has 6 amide bonds. The van der Waals surface area contributed by atoms with Crippen LogP contribution >= 0.6 is 13.5 Å². The lowest BCUT2D eigenvalue weighted by Crippen LogP contribution is -2.54. The summed E-state index contributed by atoms with van der Waals surface area (Å²) >= 11 is 0. The smallest absolute Gasteiger partial charge is 0.268 e. The van der Waals surface area contributed by atoms with Gasteiger partial charge in [-0.3, -0.25) is 43.8 Å². The second kappa shape index (κ2) is 22.4. The van der Waals surface area contributed by atoms with E-state index in [0.717, 1.165) is 17.0 Å². The lowest BCUT2D eigenvalue weighted by molar-refractivity contribution is -0.149. The van der Waals surface area contributed by atoms with Crippen molar-refractivity contribution in [2.24, 2.45) is 0 Å². The van der Waals surface area contributed by atoms with Gasteiger partial charge in [0.05, 0.1) is 63.1 Å². The molecule has 2 saturated heterocycles. The molecular formula is C45H49F2N5O13S. The van der Waals surface area contributed by atoms with Gasteiger partial charge in [0.2, 0.25) is 17.4 Å². The average Bonchev–Trinajstić information content (AvgIpc) is 3.93. The minimum absolute atomic E-state index is 0. The predicted octanol–water partition coefficient (Wildman–Crippen LogP) is 2.85. The van der Waals surface area contributed by atoms with Crippen LogP contribution in [0.1, 0.15) is 68.9 Å². The summed E-state index contributed by atoms with van der Waals surface area (Å²) in [4.78, 5) is 94.3. The van der Waals surface area contributed by atoms with Crippen molar-refractivity contribution in [2.45, 2.75) is 50.3 Å². The molecule has 21 heteroatoms. The molecule has 1 aromatic heterocycles. The average molecular weight is 938 g/mol. The van der Waals surface area contributed by atoms with Crippen LogP contribution in [0.3, 0.4) is 0 Å². The van der Waals surface area contributed by atoms with E-state index in [1.807, 2.05) is 0 Å². The number of piperidine rings is 1. The molecule has 0 radical (unpaired) electrons. The Bertz CT molecular complexity index is 2470. The van der Waals surface area contributed by atoms with Crippen LogP contribution in [-0.4, -0.2) is 134 Å². The number of Topliss-reactive ketones (excluding diaryl/α,β-unsaturated/α-hetero) is 1. The number of hydrogen-bond donors (Lipinski definition) is 4. The monoisotopic (exact) mass is 937 g/mol. The molecule has 3 aromatic carbocycles. The standard InChI is InChI=1S/C45H47F2N5O13.H2S/c46-29-21-27(22-30(47)25-29)26-48-43(58)45(60)10-11-51(44(45)59)31-6-7-33-28(23-31)24-34(49-33)36(53)4-2-12-61-13-14-62-15-16-63-17-18-64-19-20-65-37-5-1-3-32-39(37)42(57)52(41(32)56)35-8-9-38(54)50-40(35)55;/h1,3,5-7,21-25,35,49,60H,2,4,8-20,26H2,(H,48,58)(H,50,54,55);1H2/t35?,45-;/m0./s1. The van der Waals surface area contributed by atoms with Gasteiger partial charge in [-0.25, -0.2) is 8.78 Å². The highest BCUT2D eigenvalue weighted by Crippen LogP contribution is 2.34. The number of aliphatic hydroxyl groups is 1. The van der Waals surface area contributed by atoms with Gasteiger partial charge in [0.15, 0.2) is 5.78 Å². The molecule has 4 aromatic rings. The number of aromatic amines is 1. The molecule has 0 bridgehead atoms.